The number of aliphatic carboxylic acids is 1. The maximum absolute atomic E-state index is 11.3. The fourth-order valence-corrected chi connectivity index (χ4v) is 1.39. The molecule has 0 fully saturated rings. The third-order valence-corrected chi connectivity index (χ3v) is 2.20. The molecule has 0 aromatic heterocycles. The summed E-state index contributed by atoms with van der Waals surface area (Å²) in [6.45, 7) is -0.555. The van der Waals surface area contributed by atoms with Gasteiger partial charge in [0.15, 0.2) is 6.61 Å². The monoisotopic (exact) mass is 253 g/mol. The number of aryl methyl sites for hydroxylation is 1. The molecule has 18 heavy (non-hydrogen) atoms. The van der Waals surface area contributed by atoms with E-state index >= 15 is 0 Å². The van der Waals surface area contributed by atoms with Crippen LogP contribution in [0, 0.1) is 0 Å². The van der Waals surface area contributed by atoms with E-state index in [-0.39, 0.29) is 12.3 Å². The van der Waals surface area contributed by atoms with Gasteiger partial charge in [0.05, 0.1) is 7.11 Å². The van der Waals surface area contributed by atoms with Gasteiger partial charge in [0.25, 0.3) is 0 Å². The molecule has 1 aromatic rings. The summed E-state index contributed by atoms with van der Waals surface area (Å²) in [7, 11) is 1.56. The van der Waals surface area contributed by atoms with E-state index in [1.54, 1.807) is 7.11 Å². The summed E-state index contributed by atoms with van der Waals surface area (Å²) < 4.78 is 5.15. The van der Waals surface area contributed by atoms with Crippen molar-refractivity contribution in [2.24, 2.45) is 0 Å². The van der Waals surface area contributed by atoms with Gasteiger partial charge in [0, 0.05) is 6.42 Å². The lowest BCUT2D eigenvalue weighted by molar-refractivity contribution is -0.149. The van der Waals surface area contributed by atoms with E-state index in [1.807, 2.05) is 24.3 Å². The number of hydrogen-bond acceptors (Lipinski definition) is 4. The van der Waals surface area contributed by atoms with E-state index in [2.05, 4.69) is 10.3 Å². The Balaban J connectivity index is 2.35. The van der Waals surface area contributed by atoms with Crippen LogP contribution >= 0.6 is 0 Å². The zero-order chi connectivity index (χ0) is 13.4. The second-order valence-electron chi connectivity index (χ2n) is 3.52. The fraction of sp³-hybridized carbons (Fsp3) is 0.333. The molecule has 0 aliphatic heterocycles. The number of carbonyl (C=O) groups is 2. The van der Waals surface area contributed by atoms with Crippen molar-refractivity contribution in [3.05, 3.63) is 29.8 Å². The van der Waals surface area contributed by atoms with Crippen LogP contribution in [0.4, 0.5) is 0 Å². The zero-order valence-electron chi connectivity index (χ0n) is 10.0. The number of hydrogen-bond donors (Lipinski definition) is 2. The molecule has 0 aliphatic carbocycles. The van der Waals surface area contributed by atoms with E-state index in [9.17, 15) is 9.59 Å². The topological polar surface area (TPSA) is 84.9 Å². The predicted octanol–water partition coefficient (Wildman–Crippen LogP) is 0.760. The van der Waals surface area contributed by atoms with Gasteiger partial charge in [-0.15, -0.1) is 0 Å². The number of ether oxygens (including phenoxy) is 1. The number of benzene rings is 1. The number of nitrogens with one attached hydrogen (secondary N) is 1. The number of amides is 1. The summed E-state index contributed by atoms with van der Waals surface area (Å²) >= 11 is 0. The van der Waals surface area contributed by atoms with Crippen molar-refractivity contribution in [3.8, 4) is 5.75 Å². The summed E-state index contributed by atoms with van der Waals surface area (Å²) in [6, 6.07) is 7.38. The molecule has 0 radical (unpaired) electrons. The third kappa shape index (κ3) is 4.84. The second-order valence-corrected chi connectivity index (χ2v) is 3.52. The molecule has 1 amide bonds. The summed E-state index contributed by atoms with van der Waals surface area (Å²) in [6.07, 6.45) is 0.687. The van der Waals surface area contributed by atoms with Crippen LogP contribution in [0.3, 0.4) is 0 Å². The number of rotatable bonds is 7. The van der Waals surface area contributed by atoms with Crippen molar-refractivity contribution in [2.45, 2.75) is 12.8 Å². The fourth-order valence-electron chi connectivity index (χ4n) is 1.39. The minimum absolute atomic E-state index is 0.194. The van der Waals surface area contributed by atoms with E-state index in [1.165, 1.54) is 0 Å². The van der Waals surface area contributed by atoms with Crippen LogP contribution in [0.1, 0.15) is 12.0 Å². The molecule has 98 valence electrons. The number of hydroxylamine groups is 1. The minimum Gasteiger partial charge on any atom is -0.496 e. The SMILES string of the molecule is COc1ccccc1CCC(=O)NOCC(=O)O. The number of carbonyl (C=O) groups excluding carboxylic acids is 1. The van der Waals surface area contributed by atoms with Crippen LogP contribution in [-0.2, 0) is 20.8 Å². The van der Waals surface area contributed by atoms with Gasteiger partial charge < -0.3 is 9.84 Å². The smallest absolute Gasteiger partial charge is 0.332 e. The molecule has 0 spiro atoms. The number of para-hydroxylation sites is 1. The first kappa shape index (κ1) is 14.0. The number of carboxylic acid groups (broad SMARTS) is 1. The first-order valence-corrected chi connectivity index (χ1v) is 5.38. The Labute approximate surface area is 104 Å². The Morgan fingerprint density at radius 1 is 1.33 bits per heavy atom. The average molecular weight is 253 g/mol. The van der Waals surface area contributed by atoms with Crippen molar-refractivity contribution in [1.82, 2.24) is 5.48 Å². The predicted molar refractivity (Wildman–Crippen MR) is 63.0 cm³/mol. The number of methoxy groups -OCH3 is 1. The van der Waals surface area contributed by atoms with Crippen LogP contribution in [-0.4, -0.2) is 30.7 Å². The Morgan fingerprint density at radius 2 is 2.06 bits per heavy atom. The van der Waals surface area contributed by atoms with Gasteiger partial charge in [-0.2, -0.15) is 0 Å². The minimum atomic E-state index is -1.14. The molecular weight excluding hydrogens is 238 g/mol. The van der Waals surface area contributed by atoms with Crippen LogP contribution in [0.15, 0.2) is 24.3 Å². The molecule has 0 saturated carbocycles. The molecule has 0 saturated heterocycles. The van der Waals surface area contributed by atoms with Crippen LogP contribution in [0.5, 0.6) is 5.75 Å². The molecule has 6 nitrogen and oxygen atoms in total. The second kappa shape index (κ2) is 7.29. The standard InChI is InChI=1S/C12H15NO5/c1-17-10-5-3-2-4-9(10)6-7-11(14)13-18-8-12(15)16/h2-5H,6-8H2,1H3,(H,13,14)(H,15,16). The highest BCUT2D eigenvalue weighted by molar-refractivity contribution is 5.75. The highest BCUT2D eigenvalue weighted by Gasteiger charge is 2.06. The van der Waals surface area contributed by atoms with Crippen LogP contribution in [0.2, 0.25) is 0 Å². The van der Waals surface area contributed by atoms with Crippen molar-refractivity contribution in [2.75, 3.05) is 13.7 Å². The van der Waals surface area contributed by atoms with Crippen molar-refractivity contribution in [1.29, 1.82) is 0 Å². The quantitative estimate of drug-likeness (QED) is 0.701. The molecule has 1 rings (SSSR count). The Morgan fingerprint density at radius 3 is 2.72 bits per heavy atom. The van der Waals surface area contributed by atoms with Gasteiger partial charge in [0.2, 0.25) is 5.91 Å². The highest BCUT2D eigenvalue weighted by Crippen LogP contribution is 2.18. The Kier molecular flexibility index (Phi) is 5.66. The summed E-state index contributed by atoms with van der Waals surface area (Å²) in [5.74, 6) is -0.793. The Bertz CT molecular complexity index is 419. The van der Waals surface area contributed by atoms with Crippen LogP contribution < -0.4 is 10.2 Å². The molecule has 0 atom stereocenters. The lowest BCUT2D eigenvalue weighted by Crippen LogP contribution is -2.26. The number of carboxylic acids is 1. The zero-order valence-corrected chi connectivity index (χ0v) is 10.0. The van der Waals surface area contributed by atoms with E-state index < -0.39 is 12.6 Å². The summed E-state index contributed by atoms with van der Waals surface area (Å²) in [5.41, 5.74) is 2.97. The molecular formula is C12H15NO5. The van der Waals surface area contributed by atoms with Gasteiger partial charge in [-0.05, 0) is 18.1 Å². The van der Waals surface area contributed by atoms with E-state index in [0.717, 1.165) is 11.3 Å². The van der Waals surface area contributed by atoms with E-state index in [0.29, 0.717) is 6.42 Å². The molecule has 6 heteroatoms. The lowest BCUT2D eigenvalue weighted by Gasteiger charge is -2.08. The van der Waals surface area contributed by atoms with Gasteiger partial charge in [-0.25, -0.2) is 10.3 Å². The molecule has 0 heterocycles. The van der Waals surface area contributed by atoms with Crippen molar-refractivity contribution < 1.29 is 24.3 Å². The Hall–Kier alpha value is -2.08. The molecule has 0 bridgehead atoms. The first-order valence-electron chi connectivity index (χ1n) is 5.38. The van der Waals surface area contributed by atoms with Crippen LogP contribution in [0.25, 0.3) is 0 Å². The average Bonchev–Trinajstić information content (AvgIpc) is 2.36. The maximum Gasteiger partial charge on any atom is 0.332 e. The molecule has 2 N–H and O–H groups in total. The highest BCUT2D eigenvalue weighted by atomic mass is 16.7. The van der Waals surface area contributed by atoms with Gasteiger partial charge in [-0.3, -0.25) is 9.63 Å². The van der Waals surface area contributed by atoms with Gasteiger partial charge >= 0.3 is 5.97 Å². The summed E-state index contributed by atoms with van der Waals surface area (Å²) in [5, 5.41) is 8.31. The van der Waals surface area contributed by atoms with Gasteiger partial charge in [0.1, 0.15) is 5.75 Å². The normalized spacial score (nSPS) is 9.83. The lowest BCUT2D eigenvalue weighted by atomic mass is 10.1. The largest absolute Gasteiger partial charge is 0.496 e. The molecule has 0 aliphatic rings. The first-order chi connectivity index (χ1) is 8.63. The molecule has 0 unspecified atom stereocenters. The summed E-state index contributed by atoms with van der Waals surface area (Å²) in [4.78, 5) is 25.9. The maximum atomic E-state index is 11.3. The van der Waals surface area contributed by atoms with Crippen molar-refractivity contribution in [3.63, 3.8) is 0 Å². The third-order valence-electron chi connectivity index (χ3n) is 2.20. The van der Waals surface area contributed by atoms with Gasteiger partial charge in [-0.1, -0.05) is 18.2 Å². The van der Waals surface area contributed by atoms with Crippen molar-refractivity contribution >= 4 is 11.9 Å². The molecule has 1 aromatic carbocycles. The van der Waals surface area contributed by atoms with E-state index in [4.69, 9.17) is 9.84 Å².